The summed E-state index contributed by atoms with van der Waals surface area (Å²) in [6, 6.07) is -0.274. The molecule has 1 atom stereocenters. The standard InChI is InChI=1S/C10H17NO4S/c1-7(2)4-9-8(5-10(12)15-3)6-16(13,14)11-9/h6-7,9,11H,4-5H2,1-3H3/t9-/m0/s1. The summed E-state index contributed by atoms with van der Waals surface area (Å²) >= 11 is 0. The summed E-state index contributed by atoms with van der Waals surface area (Å²) in [7, 11) is -2.07. The van der Waals surface area contributed by atoms with Gasteiger partial charge in [0.1, 0.15) is 0 Å². The molecule has 1 heterocycles. The number of esters is 1. The minimum absolute atomic E-state index is 0.0279. The zero-order valence-corrected chi connectivity index (χ0v) is 10.5. The summed E-state index contributed by atoms with van der Waals surface area (Å²) in [5.41, 5.74) is 0.584. The smallest absolute Gasteiger partial charge is 0.309 e. The van der Waals surface area contributed by atoms with E-state index in [-0.39, 0.29) is 12.5 Å². The lowest BCUT2D eigenvalue weighted by Crippen LogP contribution is -2.30. The van der Waals surface area contributed by atoms with Gasteiger partial charge in [0.2, 0.25) is 10.0 Å². The fourth-order valence-electron chi connectivity index (χ4n) is 1.66. The average Bonchev–Trinajstić information content (AvgIpc) is 2.39. The molecule has 0 aromatic rings. The van der Waals surface area contributed by atoms with Gasteiger partial charge >= 0.3 is 5.97 Å². The minimum atomic E-state index is -3.36. The maximum Gasteiger partial charge on any atom is 0.309 e. The van der Waals surface area contributed by atoms with E-state index in [0.717, 1.165) is 5.41 Å². The second-order valence-electron chi connectivity index (χ2n) is 4.29. The molecule has 0 fully saturated rings. The zero-order chi connectivity index (χ0) is 12.3. The highest BCUT2D eigenvalue weighted by molar-refractivity contribution is 7.92. The van der Waals surface area contributed by atoms with Crippen LogP contribution in [0.2, 0.25) is 0 Å². The molecule has 0 amide bonds. The van der Waals surface area contributed by atoms with Gasteiger partial charge in [-0.15, -0.1) is 0 Å². The lowest BCUT2D eigenvalue weighted by Gasteiger charge is -2.15. The van der Waals surface area contributed by atoms with E-state index in [4.69, 9.17) is 0 Å². The largest absolute Gasteiger partial charge is 0.469 e. The third-order valence-electron chi connectivity index (χ3n) is 2.34. The Hall–Kier alpha value is -0.880. The number of carbonyl (C=O) groups is 1. The Balaban J connectivity index is 2.79. The van der Waals surface area contributed by atoms with Gasteiger partial charge in [-0.2, -0.15) is 0 Å². The lowest BCUT2D eigenvalue weighted by molar-refractivity contribution is -0.139. The molecule has 0 bridgehead atoms. The van der Waals surface area contributed by atoms with Gasteiger partial charge in [0.15, 0.2) is 0 Å². The molecule has 0 aliphatic carbocycles. The Bertz CT molecular complexity index is 397. The molecule has 16 heavy (non-hydrogen) atoms. The van der Waals surface area contributed by atoms with Gasteiger partial charge in [0.25, 0.3) is 0 Å². The van der Waals surface area contributed by atoms with E-state index in [1.54, 1.807) is 0 Å². The highest BCUT2D eigenvalue weighted by Gasteiger charge is 2.30. The molecular formula is C10H17NO4S. The van der Waals surface area contributed by atoms with Crippen molar-refractivity contribution in [1.29, 1.82) is 0 Å². The summed E-state index contributed by atoms with van der Waals surface area (Å²) < 4.78 is 29.8. The molecule has 92 valence electrons. The van der Waals surface area contributed by atoms with Crippen LogP contribution in [0.4, 0.5) is 0 Å². The first-order valence-electron chi connectivity index (χ1n) is 5.13. The van der Waals surface area contributed by atoms with Crippen LogP contribution in [0.25, 0.3) is 0 Å². The predicted octanol–water partition coefficient (Wildman–Crippen LogP) is 0.781. The maximum absolute atomic E-state index is 11.4. The number of hydrogen-bond acceptors (Lipinski definition) is 4. The number of rotatable bonds is 4. The van der Waals surface area contributed by atoms with E-state index in [9.17, 15) is 13.2 Å². The number of carbonyl (C=O) groups excluding carboxylic acids is 1. The van der Waals surface area contributed by atoms with E-state index >= 15 is 0 Å². The third kappa shape index (κ3) is 3.61. The Morgan fingerprint density at radius 2 is 2.19 bits per heavy atom. The van der Waals surface area contributed by atoms with Crippen molar-refractivity contribution in [3.05, 3.63) is 11.0 Å². The average molecular weight is 247 g/mol. The van der Waals surface area contributed by atoms with E-state index in [2.05, 4.69) is 9.46 Å². The van der Waals surface area contributed by atoms with Crippen LogP contribution in [0.3, 0.4) is 0 Å². The zero-order valence-electron chi connectivity index (χ0n) is 9.69. The molecule has 1 rings (SSSR count). The van der Waals surface area contributed by atoms with E-state index < -0.39 is 16.0 Å². The van der Waals surface area contributed by atoms with E-state index in [1.165, 1.54) is 7.11 Å². The first-order valence-corrected chi connectivity index (χ1v) is 6.68. The number of methoxy groups -OCH3 is 1. The number of nitrogens with one attached hydrogen (secondary N) is 1. The van der Waals surface area contributed by atoms with Gasteiger partial charge in [-0.1, -0.05) is 13.8 Å². The van der Waals surface area contributed by atoms with Gasteiger partial charge in [-0.25, -0.2) is 13.1 Å². The molecule has 0 radical (unpaired) electrons. The molecule has 0 aromatic carbocycles. The molecule has 0 aromatic heterocycles. The van der Waals surface area contributed by atoms with Gasteiger partial charge in [0.05, 0.1) is 13.5 Å². The van der Waals surface area contributed by atoms with Crippen LogP contribution in [0.1, 0.15) is 26.7 Å². The van der Waals surface area contributed by atoms with Crippen molar-refractivity contribution in [3.63, 3.8) is 0 Å². The van der Waals surface area contributed by atoms with Gasteiger partial charge in [-0.05, 0) is 17.9 Å². The minimum Gasteiger partial charge on any atom is -0.469 e. The monoisotopic (exact) mass is 247 g/mol. The van der Waals surface area contributed by atoms with Crippen molar-refractivity contribution >= 4 is 16.0 Å². The Morgan fingerprint density at radius 1 is 1.56 bits per heavy atom. The summed E-state index contributed by atoms with van der Waals surface area (Å²) in [6.45, 7) is 4.00. The van der Waals surface area contributed by atoms with Crippen LogP contribution < -0.4 is 4.72 Å². The Kier molecular flexibility index (Phi) is 4.09. The molecular weight excluding hydrogens is 230 g/mol. The number of sulfonamides is 1. The highest BCUT2D eigenvalue weighted by atomic mass is 32.2. The molecule has 0 spiro atoms. The summed E-state index contributed by atoms with van der Waals surface area (Å²) in [5.74, 6) is -0.0641. The third-order valence-corrected chi connectivity index (χ3v) is 3.57. The van der Waals surface area contributed by atoms with Crippen LogP contribution in [0, 0.1) is 5.92 Å². The second kappa shape index (κ2) is 4.97. The van der Waals surface area contributed by atoms with Crippen LogP contribution >= 0.6 is 0 Å². The first-order chi connectivity index (χ1) is 7.34. The van der Waals surface area contributed by atoms with Crippen LogP contribution in [-0.4, -0.2) is 27.5 Å². The maximum atomic E-state index is 11.4. The molecule has 1 aliphatic rings. The van der Waals surface area contributed by atoms with Crippen LogP contribution in [-0.2, 0) is 19.6 Å². The van der Waals surface area contributed by atoms with Gasteiger partial charge in [0, 0.05) is 11.4 Å². The van der Waals surface area contributed by atoms with Crippen molar-refractivity contribution in [1.82, 2.24) is 4.72 Å². The van der Waals surface area contributed by atoms with Gasteiger partial charge < -0.3 is 4.74 Å². The molecule has 0 saturated carbocycles. The molecule has 5 nitrogen and oxygen atoms in total. The van der Waals surface area contributed by atoms with Crippen molar-refractivity contribution in [2.75, 3.05) is 7.11 Å². The Labute approximate surface area is 95.9 Å². The molecule has 6 heteroatoms. The molecule has 1 N–H and O–H groups in total. The summed E-state index contributed by atoms with van der Waals surface area (Å²) in [6.07, 6.45) is 0.710. The van der Waals surface area contributed by atoms with E-state index in [0.29, 0.717) is 17.9 Å². The first kappa shape index (κ1) is 13.2. The fourth-order valence-corrected chi connectivity index (χ4v) is 3.02. The van der Waals surface area contributed by atoms with Crippen molar-refractivity contribution in [3.8, 4) is 0 Å². The SMILES string of the molecule is COC(=O)CC1=CS(=O)(=O)N[C@H]1CC(C)C. The van der Waals surface area contributed by atoms with Crippen LogP contribution in [0.5, 0.6) is 0 Å². The van der Waals surface area contributed by atoms with E-state index in [1.807, 2.05) is 13.8 Å². The van der Waals surface area contributed by atoms with Gasteiger partial charge in [-0.3, -0.25) is 4.79 Å². The van der Waals surface area contributed by atoms with Crippen molar-refractivity contribution in [2.45, 2.75) is 32.7 Å². The van der Waals surface area contributed by atoms with Crippen molar-refractivity contribution < 1.29 is 17.9 Å². The normalized spacial score (nSPS) is 23.2. The fraction of sp³-hybridized carbons (Fsp3) is 0.700. The second-order valence-corrected chi connectivity index (χ2v) is 5.85. The van der Waals surface area contributed by atoms with Crippen molar-refractivity contribution in [2.24, 2.45) is 5.92 Å². The highest BCUT2D eigenvalue weighted by Crippen LogP contribution is 2.23. The summed E-state index contributed by atoms with van der Waals surface area (Å²) in [4.78, 5) is 11.1. The lowest BCUT2D eigenvalue weighted by atomic mass is 9.97. The molecule has 0 saturated heterocycles. The molecule has 0 unspecified atom stereocenters. The predicted molar refractivity (Wildman–Crippen MR) is 60.0 cm³/mol. The number of ether oxygens (including phenoxy) is 1. The Morgan fingerprint density at radius 3 is 2.69 bits per heavy atom. The number of hydrogen-bond donors (Lipinski definition) is 1. The summed E-state index contributed by atoms with van der Waals surface area (Å²) in [5, 5.41) is 1.14. The quantitative estimate of drug-likeness (QED) is 0.745. The molecule has 1 aliphatic heterocycles. The van der Waals surface area contributed by atoms with Crippen LogP contribution in [0.15, 0.2) is 11.0 Å². The topological polar surface area (TPSA) is 72.5 Å².